The Balaban J connectivity index is 1.42. The van der Waals surface area contributed by atoms with E-state index in [0.717, 1.165) is 24.2 Å². The molecule has 32 heavy (non-hydrogen) atoms. The van der Waals surface area contributed by atoms with Crippen molar-refractivity contribution in [1.82, 2.24) is 19.9 Å². The first-order valence-electron chi connectivity index (χ1n) is 11.0. The molecule has 0 bridgehead atoms. The summed E-state index contributed by atoms with van der Waals surface area (Å²) in [5, 5.41) is 3.04. The highest BCUT2D eigenvalue weighted by Gasteiger charge is 2.28. The number of pyridine rings is 1. The van der Waals surface area contributed by atoms with Crippen LogP contribution in [0.5, 0.6) is 5.75 Å². The van der Waals surface area contributed by atoms with Crippen LogP contribution in [-0.4, -0.2) is 39.6 Å². The van der Waals surface area contributed by atoms with Crippen LogP contribution < -0.4 is 20.5 Å². The fourth-order valence-electron chi connectivity index (χ4n) is 4.02. The molecule has 2 aromatic heterocycles. The molecule has 1 fully saturated rings. The molecule has 0 spiro atoms. The van der Waals surface area contributed by atoms with Gasteiger partial charge in [0.15, 0.2) is 11.5 Å². The number of hydrogen-bond donors (Lipinski definition) is 1. The minimum atomic E-state index is -0.194. The summed E-state index contributed by atoms with van der Waals surface area (Å²) < 4.78 is 7.18. The second-order valence-electron chi connectivity index (χ2n) is 8.46. The highest BCUT2D eigenvalue weighted by atomic mass is 16.5. The van der Waals surface area contributed by atoms with E-state index in [4.69, 9.17) is 4.74 Å². The first-order chi connectivity index (χ1) is 15.4. The van der Waals surface area contributed by atoms with Crippen LogP contribution in [0.15, 0.2) is 47.4 Å². The Kier molecular flexibility index (Phi) is 6.39. The topological polar surface area (TPSA) is 89.3 Å². The van der Waals surface area contributed by atoms with E-state index in [1.807, 2.05) is 49.1 Å². The molecule has 3 aromatic rings. The summed E-state index contributed by atoms with van der Waals surface area (Å²) in [7, 11) is 1.70. The number of piperidine rings is 1. The van der Waals surface area contributed by atoms with Crippen LogP contribution in [0.3, 0.4) is 0 Å². The number of ether oxygens (including phenoxy) is 1. The van der Waals surface area contributed by atoms with Crippen molar-refractivity contribution in [3.8, 4) is 5.75 Å². The van der Waals surface area contributed by atoms with Gasteiger partial charge in [-0.1, -0.05) is 12.1 Å². The number of fused-ring (bicyclic) bond motifs is 1. The molecule has 0 radical (unpaired) electrons. The zero-order chi connectivity index (χ0) is 22.7. The van der Waals surface area contributed by atoms with E-state index in [-0.39, 0.29) is 23.5 Å². The average Bonchev–Trinajstić information content (AvgIpc) is 2.80. The fraction of sp³-hybridized carbons (Fsp3) is 0.417. The van der Waals surface area contributed by atoms with Crippen molar-refractivity contribution >= 4 is 22.9 Å². The van der Waals surface area contributed by atoms with Crippen molar-refractivity contribution in [1.29, 1.82) is 0 Å². The zero-order valence-corrected chi connectivity index (χ0v) is 18.7. The minimum absolute atomic E-state index is 0.00325. The van der Waals surface area contributed by atoms with Crippen LogP contribution >= 0.6 is 0 Å². The molecule has 3 heterocycles. The number of carbonyl (C=O) groups excluding carboxylic acids is 1. The first kappa shape index (κ1) is 21.8. The zero-order valence-electron chi connectivity index (χ0n) is 18.7. The number of amides is 1. The Morgan fingerprint density at radius 2 is 2.03 bits per heavy atom. The standard InChI is InChI=1S/C24H29N5O3/c1-16(2)32-19-10-8-17(9-11-19)14-26-23(30)18-6-5-13-29(15-18)22-24(31)28(3)21-20(27-22)7-4-12-25-21/h4,7-12,16,18H,5-6,13-15H2,1-3H3,(H,26,30)/t18-/m0/s1. The predicted molar refractivity (Wildman–Crippen MR) is 124 cm³/mol. The highest BCUT2D eigenvalue weighted by molar-refractivity contribution is 5.79. The number of nitrogens with one attached hydrogen (secondary N) is 1. The van der Waals surface area contributed by atoms with Gasteiger partial charge in [-0.2, -0.15) is 0 Å². The van der Waals surface area contributed by atoms with Gasteiger partial charge in [0.25, 0.3) is 5.56 Å². The molecule has 1 amide bonds. The molecular weight excluding hydrogens is 406 g/mol. The molecule has 4 rings (SSSR count). The minimum Gasteiger partial charge on any atom is -0.491 e. The molecule has 1 aromatic carbocycles. The molecule has 1 atom stereocenters. The number of hydrogen-bond acceptors (Lipinski definition) is 6. The Labute approximate surface area is 187 Å². The summed E-state index contributed by atoms with van der Waals surface area (Å²) >= 11 is 0. The third-order valence-corrected chi connectivity index (χ3v) is 5.66. The maximum absolute atomic E-state index is 12.9. The van der Waals surface area contributed by atoms with Gasteiger partial charge in [0.1, 0.15) is 11.3 Å². The van der Waals surface area contributed by atoms with Gasteiger partial charge in [0.2, 0.25) is 5.91 Å². The predicted octanol–water partition coefficient (Wildman–Crippen LogP) is 2.65. The van der Waals surface area contributed by atoms with Crippen LogP contribution in [0, 0.1) is 5.92 Å². The summed E-state index contributed by atoms with van der Waals surface area (Å²) in [6, 6.07) is 11.4. The molecule has 0 saturated carbocycles. The summed E-state index contributed by atoms with van der Waals surface area (Å²) in [6.45, 7) is 5.61. The average molecular weight is 436 g/mol. The quantitative estimate of drug-likeness (QED) is 0.640. The van der Waals surface area contributed by atoms with E-state index >= 15 is 0 Å². The Hall–Kier alpha value is -3.42. The Morgan fingerprint density at radius 3 is 2.78 bits per heavy atom. The number of rotatable bonds is 6. The van der Waals surface area contributed by atoms with E-state index in [0.29, 0.717) is 36.6 Å². The lowest BCUT2D eigenvalue weighted by Gasteiger charge is -2.32. The summed E-state index contributed by atoms with van der Waals surface area (Å²) in [6.07, 6.45) is 3.39. The second-order valence-corrected chi connectivity index (χ2v) is 8.46. The van der Waals surface area contributed by atoms with Crippen molar-refractivity contribution in [3.05, 3.63) is 58.5 Å². The monoisotopic (exact) mass is 435 g/mol. The van der Waals surface area contributed by atoms with Gasteiger partial charge in [0, 0.05) is 32.9 Å². The van der Waals surface area contributed by atoms with E-state index in [2.05, 4.69) is 15.3 Å². The van der Waals surface area contributed by atoms with Crippen LogP contribution in [0.1, 0.15) is 32.3 Å². The smallest absolute Gasteiger partial charge is 0.294 e. The van der Waals surface area contributed by atoms with Gasteiger partial charge < -0.3 is 15.0 Å². The van der Waals surface area contributed by atoms with Crippen LogP contribution in [0.25, 0.3) is 11.2 Å². The van der Waals surface area contributed by atoms with Gasteiger partial charge in [-0.15, -0.1) is 0 Å². The van der Waals surface area contributed by atoms with Crippen molar-refractivity contribution in [2.45, 2.75) is 39.3 Å². The largest absolute Gasteiger partial charge is 0.491 e. The first-order valence-corrected chi connectivity index (χ1v) is 11.0. The highest BCUT2D eigenvalue weighted by Crippen LogP contribution is 2.21. The van der Waals surface area contributed by atoms with Crippen molar-refractivity contribution in [2.24, 2.45) is 13.0 Å². The van der Waals surface area contributed by atoms with E-state index in [1.54, 1.807) is 19.3 Å². The number of nitrogens with zero attached hydrogens (tertiary/aromatic N) is 4. The van der Waals surface area contributed by atoms with Crippen molar-refractivity contribution in [2.75, 3.05) is 18.0 Å². The van der Waals surface area contributed by atoms with Gasteiger partial charge in [0.05, 0.1) is 12.0 Å². The van der Waals surface area contributed by atoms with E-state index in [1.165, 1.54) is 4.57 Å². The van der Waals surface area contributed by atoms with Crippen LogP contribution in [0.4, 0.5) is 5.82 Å². The third-order valence-electron chi connectivity index (χ3n) is 5.66. The van der Waals surface area contributed by atoms with Gasteiger partial charge in [-0.05, 0) is 56.5 Å². The fourth-order valence-corrected chi connectivity index (χ4v) is 4.02. The molecule has 168 valence electrons. The summed E-state index contributed by atoms with van der Waals surface area (Å²) in [5.74, 6) is 1.00. The number of anilines is 1. The maximum Gasteiger partial charge on any atom is 0.294 e. The summed E-state index contributed by atoms with van der Waals surface area (Å²) in [4.78, 5) is 36.5. The molecule has 1 aliphatic rings. The van der Waals surface area contributed by atoms with Crippen molar-refractivity contribution < 1.29 is 9.53 Å². The van der Waals surface area contributed by atoms with Crippen LogP contribution in [0.2, 0.25) is 0 Å². The SMILES string of the molecule is CC(C)Oc1ccc(CNC(=O)[C@H]2CCCN(c3nc4cccnc4n(C)c3=O)C2)cc1. The summed E-state index contributed by atoms with van der Waals surface area (Å²) in [5.41, 5.74) is 2.04. The molecule has 1 saturated heterocycles. The second kappa shape index (κ2) is 9.38. The van der Waals surface area contributed by atoms with Crippen molar-refractivity contribution in [3.63, 3.8) is 0 Å². The Bertz CT molecular complexity index is 1160. The molecule has 0 unspecified atom stereocenters. The maximum atomic E-state index is 12.9. The molecular formula is C24H29N5O3. The lowest BCUT2D eigenvalue weighted by atomic mass is 9.97. The molecule has 8 heteroatoms. The molecule has 1 aliphatic heterocycles. The third kappa shape index (κ3) is 4.74. The van der Waals surface area contributed by atoms with Gasteiger partial charge in [-0.25, -0.2) is 9.97 Å². The lowest BCUT2D eigenvalue weighted by Crippen LogP contribution is -2.45. The van der Waals surface area contributed by atoms with E-state index < -0.39 is 0 Å². The number of aryl methyl sites for hydroxylation is 1. The van der Waals surface area contributed by atoms with Gasteiger partial charge >= 0.3 is 0 Å². The lowest BCUT2D eigenvalue weighted by molar-refractivity contribution is -0.125. The van der Waals surface area contributed by atoms with E-state index in [9.17, 15) is 9.59 Å². The molecule has 0 aliphatic carbocycles. The number of aromatic nitrogens is 3. The Morgan fingerprint density at radius 1 is 1.25 bits per heavy atom. The number of benzene rings is 1. The molecule has 8 nitrogen and oxygen atoms in total. The van der Waals surface area contributed by atoms with Crippen LogP contribution in [-0.2, 0) is 18.4 Å². The normalized spacial score (nSPS) is 16.4. The van der Waals surface area contributed by atoms with Gasteiger partial charge in [-0.3, -0.25) is 14.2 Å². The number of carbonyl (C=O) groups is 1. The molecule has 1 N–H and O–H groups in total.